The molecule has 1 aromatic heterocycles. The van der Waals surface area contributed by atoms with E-state index < -0.39 is 0 Å². The lowest BCUT2D eigenvalue weighted by Crippen LogP contribution is -2.51. The number of aliphatic imine (C=N–C) groups is 1. The van der Waals surface area contributed by atoms with Crippen LogP contribution < -0.4 is 10.6 Å². The molecule has 3 heterocycles. The van der Waals surface area contributed by atoms with Gasteiger partial charge in [0.05, 0.1) is 25.8 Å². The van der Waals surface area contributed by atoms with Crippen LogP contribution in [0, 0.1) is 6.92 Å². The molecule has 164 valence electrons. The second-order valence-electron chi connectivity index (χ2n) is 7.56. The molecule has 30 heavy (non-hydrogen) atoms. The van der Waals surface area contributed by atoms with E-state index in [0.29, 0.717) is 12.5 Å². The Morgan fingerprint density at radius 2 is 1.83 bits per heavy atom. The number of piperazine rings is 1. The van der Waals surface area contributed by atoms with Crippen LogP contribution in [-0.2, 0) is 4.74 Å². The molecule has 7 nitrogen and oxygen atoms in total. The van der Waals surface area contributed by atoms with Crippen LogP contribution >= 0.6 is 35.3 Å². The van der Waals surface area contributed by atoms with Crippen LogP contribution in [0.25, 0.3) is 0 Å². The van der Waals surface area contributed by atoms with Gasteiger partial charge in [-0.3, -0.25) is 9.89 Å². The van der Waals surface area contributed by atoms with Gasteiger partial charge in [0.25, 0.3) is 0 Å². The lowest BCUT2D eigenvalue weighted by Gasteiger charge is -2.36. The van der Waals surface area contributed by atoms with Crippen molar-refractivity contribution >= 4 is 46.4 Å². The summed E-state index contributed by atoms with van der Waals surface area (Å²) in [6.07, 6.45) is 1.86. The molecule has 9 heteroatoms. The van der Waals surface area contributed by atoms with Gasteiger partial charge in [-0.25, -0.2) is 4.98 Å². The van der Waals surface area contributed by atoms with Gasteiger partial charge >= 0.3 is 0 Å². The Labute approximate surface area is 199 Å². The highest BCUT2D eigenvalue weighted by Crippen LogP contribution is 2.23. The average Bonchev–Trinajstić information content (AvgIpc) is 3.31. The summed E-state index contributed by atoms with van der Waals surface area (Å²) < 4.78 is 5.55. The fourth-order valence-corrected chi connectivity index (χ4v) is 4.59. The first kappa shape index (κ1) is 23.2. The van der Waals surface area contributed by atoms with Crippen molar-refractivity contribution in [1.29, 1.82) is 0 Å². The maximum Gasteiger partial charge on any atom is 0.191 e. The van der Waals surface area contributed by atoms with Crippen molar-refractivity contribution in [3.63, 3.8) is 0 Å². The zero-order chi connectivity index (χ0) is 20.1. The van der Waals surface area contributed by atoms with Crippen LogP contribution in [-0.4, -0.2) is 79.8 Å². The zero-order valence-electron chi connectivity index (χ0n) is 17.4. The number of rotatable bonds is 5. The van der Waals surface area contributed by atoms with E-state index in [4.69, 9.17) is 15.5 Å². The summed E-state index contributed by atoms with van der Waals surface area (Å²) in [7, 11) is 0. The van der Waals surface area contributed by atoms with Crippen molar-refractivity contribution in [2.45, 2.75) is 13.0 Å². The molecule has 2 N–H and O–H groups in total. The molecule has 0 bridgehead atoms. The van der Waals surface area contributed by atoms with Crippen LogP contribution in [0.15, 0.2) is 40.8 Å². The number of hydrogen-bond donors (Lipinski definition) is 1. The molecule has 2 aliphatic heterocycles. The van der Waals surface area contributed by atoms with Crippen molar-refractivity contribution < 1.29 is 4.74 Å². The van der Waals surface area contributed by atoms with E-state index in [0.717, 1.165) is 57.6 Å². The maximum atomic E-state index is 6.39. The summed E-state index contributed by atoms with van der Waals surface area (Å²) >= 11 is 1.69. The molecule has 1 unspecified atom stereocenters. The fraction of sp³-hybridized carbons (Fsp3) is 0.524. The minimum Gasteiger partial charge on any atom is -0.379 e. The molecule has 1 aromatic carbocycles. The first-order chi connectivity index (χ1) is 14.2. The van der Waals surface area contributed by atoms with Crippen LogP contribution in [0.4, 0.5) is 5.13 Å². The van der Waals surface area contributed by atoms with Gasteiger partial charge in [0.2, 0.25) is 0 Å². The highest BCUT2D eigenvalue weighted by atomic mass is 127. The molecule has 2 aliphatic rings. The lowest BCUT2D eigenvalue weighted by molar-refractivity contribution is 0.0179. The number of nitrogens with zero attached hydrogens (tertiary/aromatic N) is 5. The minimum absolute atomic E-state index is 0. The largest absolute Gasteiger partial charge is 0.379 e. The summed E-state index contributed by atoms with van der Waals surface area (Å²) in [6.45, 7) is 9.81. The Morgan fingerprint density at radius 1 is 1.13 bits per heavy atom. The number of ether oxygens (including phenoxy) is 1. The van der Waals surface area contributed by atoms with Gasteiger partial charge in [0.15, 0.2) is 11.1 Å². The number of anilines is 1. The van der Waals surface area contributed by atoms with Crippen LogP contribution in [0.3, 0.4) is 0 Å². The summed E-state index contributed by atoms with van der Waals surface area (Å²) in [5.74, 6) is 0.647. The molecule has 0 radical (unpaired) electrons. The molecule has 0 amide bonds. The number of guanidine groups is 1. The van der Waals surface area contributed by atoms with E-state index in [1.807, 2.05) is 11.6 Å². The number of thiazole rings is 1. The summed E-state index contributed by atoms with van der Waals surface area (Å²) in [4.78, 5) is 16.2. The summed E-state index contributed by atoms with van der Waals surface area (Å²) in [5, 5.41) is 3.11. The summed E-state index contributed by atoms with van der Waals surface area (Å²) in [5.41, 5.74) is 8.96. The second kappa shape index (κ2) is 11.3. The van der Waals surface area contributed by atoms with Gasteiger partial charge in [-0.05, 0) is 12.5 Å². The van der Waals surface area contributed by atoms with E-state index in [1.54, 1.807) is 11.3 Å². The predicted octanol–water partition coefficient (Wildman–Crippen LogP) is 2.58. The number of halogens is 1. The van der Waals surface area contributed by atoms with Gasteiger partial charge in [0, 0.05) is 50.8 Å². The van der Waals surface area contributed by atoms with Crippen LogP contribution in [0.5, 0.6) is 0 Å². The Balaban J connectivity index is 0.00000256. The highest BCUT2D eigenvalue weighted by Gasteiger charge is 2.24. The number of aromatic nitrogens is 1. The van der Waals surface area contributed by atoms with Crippen LogP contribution in [0.2, 0.25) is 0 Å². The molecule has 0 aliphatic carbocycles. The topological polar surface area (TPSA) is 70.2 Å². The van der Waals surface area contributed by atoms with Crippen molar-refractivity contribution in [2.24, 2.45) is 10.7 Å². The number of aryl methyl sites for hydroxylation is 1. The molecular formula is C21H31IN6OS. The molecule has 0 saturated carbocycles. The van der Waals surface area contributed by atoms with E-state index >= 15 is 0 Å². The second-order valence-corrected chi connectivity index (χ2v) is 8.44. The predicted molar refractivity (Wildman–Crippen MR) is 134 cm³/mol. The highest BCUT2D eigenvalue weighted by molar-refractivity contribution is 14.0. The first-order valence-corrected chi connectivity index (χ1v) is 11.2. The molecule has 2 aromatic rings. The Hall–Kier alpha value is -1.43. The first-order valence-electron chi connectivity index (χ1n) is 10.3. The van der Waals surface area contributed by atoms with Crippen molar-refractivity contribution in [3.05, 3.63) is 47.0 Å². The molecule has 2 fully saturated rings. The molecule has 4 rings (SSSR count). The van der Waals surface area contributed by atoms with E-state index in [9.17, 15) is 0 Å². The van der Waals surface area contributed by atoms with Gasteiger partial charge in [-0.2, -0.15) is 0 Å². The van der Waals surface area contributed by atoms with E-state index in [1.165, 1.54) is 11.1 Å². The molecule has 1 atom stereocenters. The Bertz CT molecular complexity index is 786. The normalized spacial score (nSPS) is 19.4. The quantitative estimate of drug-likeness (QED) is 0.356. The van der Waals surface area contributed by atoms with Gasteiger partial charge < -0.3 is 20.3 Å². The van der Waals surface area contributed by atoms with E-state index in [2.05, 4.69) is 50.9 Å². The number of morpholine rings is 1. The summed E-state index contributed by atoms with van der Waals surface area (Å²) in [6, 6.07) is 9.01. The van der Waals surface area contributed by atoms with Crippen molar-refractivity contribution in [3.8, 4) is 0 Å². The third-order valence-corrected chi connectivity index (χ3v) is 6.50. The van der Waals surface area contributed by atoms with Crippen LogP contribution in [0.1, 0.15) is 17.2 Å². The van der Waals surface area contributed by atoms with E-state index in [-0.39, 0.29) is 30.0 Å². The average molecular weight is 542 g/mol. The van der Waals surface area contributed by atoms with Gasteiger partial charge in [-0.1, -0.05) is 29.8 Å². The minimum atomic E-state index is 0. The third-order valence-electron chi connectivity index (χ3n) is 5.67. The lowest BCUT2D eigenvalue weighted by atomic mass is 10.0. The SMILES string of the molecule is Cc1ccc(C(CN=C(N)N2CCN(c3nccs3)CC2)N2CCOCC2)cc1.I. The maximum absolute atomic E-state index is 6.39. The fourth-order valence-electron chi connectivity index (χ4n) is 3.89. The Morgan fingerprint density at radius 3 is 2.47 bits per heavy atom. The smallest absolute Gasteiger partial charge is 0.191 e. The Kier molecular flexibility index (Phi) is 8.72. The number of benzene rings is 1. The number of nitrogens with two attached hydrogens (primary N) is 1. The molecule has 0 spiro atoms. The third kappa shape index (κ3) is 5.83. The molecular weight excluding hydrogens is 511 g/mol. The monoisotopic (exact) mass is 542 g/mol. The molecule has 2 saturated heterocycles. The standard InChI is InChI=1S/C21H30N6OS.HI/c1-17-2-4-18(5-3-17)19(25-11-13-28-14-12-25)16-24-20(22)26-7-9-27(10-8-26)21-23-6-15-29-21;/h2-6,15,19H,7-14,16H2,1H3,(H2,22,24);1H. The zero-order valence-corrected chi connectivity index (χ0v) is 20.6. The van der Waals surface area contributed by atoms with Gasteiger partial charge in [-0.15, -0.1) is 35.3 Å². The van der Waals surface area contributed by atoms with Crippen molar-refractivity contribution in [2.75, 3.05) is 63.9 Å². The van der Waals surface area contributed by atoms with Gasteiger partial charge in [0.1, 0.15) is 0 Å². The van der Waals surface area contributed by atoms with Crippen molar-refractivity contribution in [1.82, 2.24) is 14.8 Å². The number of hydrogen-bond acceptors (Lipinski definition) is 6.